The van der Waals surface area contributed by atoms with Crippen molar-refractivity contribution in [1.29, 1.82) is 0 Å². The van der Waals surface area contributed by atoms with Crippen molar-refractivity contribution in [2.45, 2.75) is 27.2 Å². The molecule has 0 fully saturated rings. The van der Waals surface area contributed by atoms with Crippen molar-refractivity contribution in [2.24, 2.45) is 0 Å². The smallest absolute Gasteiger partial charge is 0.254 e. The van der Waals surface area contributed by atoms with Crippen LogP contribution in [0.25, 0.3) is 0 Å². The highest BCUT2D eigenvalue weighted by molar-refractivity contribution is 7.15. The molecule has 6 nitrogen and oxygen atoms in total. The van der Waals surface area contributed by atoms with E-state index in [-0.39, 0.29) is 18.0 Å². The molecule has 1 aromatic heterocycles. The van der Waals surface area contributed by atoms with E-state index in [4.69, 9.17) is 4.74 Å². The van der Waals surface area contributed by atoms with E-state index < -0.39 is 11.7 Å². The SMILES string of the molecule is CCOCCCN(CC(=O)Nc1nc(C)c(C)s1)C(=O)c1cccc(F)c1. The third kappa shape index (κ3) is 6.41. The lowest BCUT2D eigenvalue weighted by molar-refractivity contribution is -0.116. The molecule has 0 spiro atoms. The highest BCUT2D eigenvalue weighted by Crippen LogP contribution is 2.21. The summed E-state index contributed by atoms with van der Waals surface area (Å²) in [6.07, 6.45) is 0.581. The molecule has 0 atom stereocenters. The predicted octanol–water partition coefficient (Wildman–Crippen LogP) is 3.41. The average Bonchev–Trinajstić information content (AvgIpc) is 2.94. The fourth-order valence-corrected chi connectivity index (χ4v) is 3.25. The molecule has 146 valence electrons. The number of ether oxygens (including phenoxy) is 1. The van der Waals surface area contributed by atoms with Gasteiger partial charge in [0.2, 0.25) is 5.91 Å². The number of halogens is 1. The molecule has 0 saturated heterocycles. The second kappa shape index (κ2) is 10.1. The summed E-state index contributed by atoms with van der Waals surface area (Å²) in [4.78, 5) is 31.8. The van der Waals surface area contributed by atoms with E-state index in [2.05, 4.69) is 10.3 Å². The maximum atomic E-state index is 13.5. The van der Waals surface area contributed by atoms with Crippen molar-refractivity contribution in [2.75, 3.05) is 31.6 Å². The van der Waals surface area contributed by atoms with Gasteiger partial charge in [-0.05, 0) is 45.4 Å². The van der Waals surface area contributed by atoms with Crippen LogP contribution >= 0.6 is 11.3 Å². The van der Waals surface area contributed by atoms with E-state index in [9.17, 15) is 14.0 Å². The number of carbonyl (C=O) groups is 2. The number of hydrogen-bond acceptors (Lipinski definition) is 5. The van der Waals surface area contributed by atoms with Crippen molar-refractivity contribution >= 4 is 28.3 Å². The van der Waals surface area contributed by atoms with E-state index in [1.54, 1.807) is 0 Å². The molecule has 2 amide bonds. The number of nitrogens with zero attached hydrogens (tertiary/aromatic N) is 2. The zero-order valence-corrected chi connectivity index (χ0v) is 16.6. The first-order chi connectivity index (χ1) is 12.9. The van der Waals surface area contributed by atoms with Crippen LogP contribution in [0.3, 0.4) is 0 Å². The van der Waals surface area contributed by atoms with Crippen molar-refractivity contribution < 1.29 is 18.7 Å². The van der Waals surface area contributed by atoms with E-state index in [0.717, 1.165) is 10.6 Å². The van der Waals surface area contributed by atoms with E-state index in [1.165, 1.54) is 40.5 Å². The number of carbonyl (C=O) groups excluding carboxylic acids is 2. The van der Waals surface area contributed by atoms with E-state index in [0.29, 0.717) is 31.3 Å². The molecule has 1 aromatic carbocycles. The van der Waals surface area contributed by atoms with Crippen LogP contribution in [-0.4, -0.2) is 48.0 Å². The number of aromatic nitrogens is 1. The topological polar surface area (TPSA) is 71.5 Å². The van der Waals surface area contributed by atoms with Crippen molar-refractivity contribution in [3.63, 3.8) is 0 Å². The Morgan fingerprint density at radius 2 is 2.11 bits per heavy atom. The highest BCUT2D eigenvalue weighted by atomic mass is 32.1. The third-order valence-electron chi connectivity index (χ3n) is 3.89. The minimum atomic E-state index is -0.492. The van der Waals surface area contributed by atoms with Crippen LogP contribution in [0.2, 0.25) is 0 Å². The van der Waals surface area contributed by atoms with Crippen LogP contribution in [0.1, 0.15) is 34.3 Å². The molecule has 2 rings (SSSR count). The Balaban J connectivity index is 2.06. The zero-order valence-electron chi connectivity index (χ0n) is 15.8. The maximum Gasteiger partial charge on any atom is 0.254 e. The molecule has 0 aliphatic rings. The number of anilines is 1. The monoisotopic (exact) mass is 393 g/mol. The average molecular weight is 393 g/mol. The standard InChI is InChI=1S/C19H24FN3O3S/c1-4-26-10-6-9-23(18(25)15-7-5-8-16(20)11-15)12-17(24)22-19-21-13(2)14(3)27-19/h5,7-8,11H,4,6,9-10,12H2,1-3H3,(H,21,22,24). The largest absolute Gasteiger partial charge is 0.382 e. The molecule has 2 aromatic rings. The minimum Gasteiger partial charge on any atom is -0.382 e. The number of nitrogens with one attached hydrogen (secondary N) is 1. The van der Waals surface area contributed by atoms with Crippen LogP contribution in [0.5, 0.6) is 0 Å². The van der Waals surface area contributed by atoms with E-state index >= 15 is 0 Å². The van der Waals surface area contributed by atoms with Gasteiger partial charge >= 0.3 is 0 Å². The molecule has 0 unspecified atom stereocenters. The lowest BCUT2D eigenvalue weighted by Crippen LogP contribution is -2.39. The Hall–Kier alpha value is -2.32. The summed E-state index contributed by atoms with van der Waals surface area (Å²) < 4.78 is 18.8. The first-order valence-corrected chi connectivity index (χ1v) is 9.58. The fraction of sp³-hybridized carbons (Fsp3) is 0.421. The molecule has 0 saturated carbocycles. The number of benzene rings is 1. The fourth-order valence-electron chi connectivity index (χ4n) is 2.42. The van der Waals surface area contributed by atoms with E-state index in [1.807, 2.05) is 20.8 Å². The predicted molar refractivity (Wildman–Crippen MR) is 104 cm³/mol. The van der Waals surface area contributed by atoms with Gasteiger partial charge in [0.05, 0.1) is 5.69 Å². The minimum absolute atomic E-state index is 0.140. The van der Waals surface area contributed by atoms with Crippen molar-refractivity contribution in [3.8, 4) is 0 Å². The Labute approximate surface area is 162 Å². The summed E-state index contributed by atoms with van der Waals surface area (Å²) in [5, 5.41) is 3.22. The number of rotatable bonds is 9. The summed E-state index contributed by atoms with van der Waals surface area (Å²) >= 11 is 1.38. The molecule has 8 heteroatoms. The van der Waals surface area contributed by atoms with Crippen LogP contribution in [0, 0.1) is 19.7 Å². The van der Waals surface area contributed by atoms with Crippen LogP contribution in [-0.2, 0) is 9.53 Å². The Bertz CT molecular complexity index is 775. The molecule has 0 aliphatic heterocycles. The third-order valence-corrected chi connectivity index (χ3v) is 4.88. The summed E-state index contributed by atoms with van der Waals surface area (Å²) in [6, 6.07) is 5.45. The molecule has 1 heterocycles. The second-order valence-corrected chi connectivity index (χ2v) is 7.20. The van der Waals surface area contributed by atoms with Gasteiger partial charge in [0.1, 0.15) is 12.4 Å². The van der Waals surface area contributed by atoms with Gasteiger partial charge in [0, 0.05) is 30.2 Å². The van der Waals surface area contributed by atoms with Crippen molar-refractivity contribution in [3.05, 3.63) is 46.2 Å². The van der Waals surface area contributed by atoms with Gasteiger partial charge in [-0.1, -0.05) is 6.07 Å². The molecule has 0 radical (unpaired) electrons. The normalized spacial score (nSPS) is 10.7. The summed E-state index contributed by atoms with van der Waals surface area (Å²) in [5.41, 5.74) is 1.07. The summed E-state index contributed by atoms with van der Waals surface area (Å²) in [5.74, 6) is -1.23. The van der Waals surface area contributed by atoms with Gasteiger partial charge < -0.3 is 15.0 Å². The van der Waals surface area contributed by atoms with Crippen LogP contribution in [0.15, 0.2) is 24.3 Å². The number of amides is 2. The van der Waals surface area contributed by atoms with Gasteiger partial charge in [0.15, 0.2) is 5.13 Å². The number of hydrogen-bond donors (Lipinski definition) is 1. The van der Waals surface area contributed by atoms with Crippen LogP contribution < -0.4 is 5.32 Å². The van der Waals surface area contributed by atoms with Crippen molar-refractivity contribution in [1.82, 2.24) is 9.88 Å². The first-order valence-electron chi connectivity index (χ1n) is 8.77. The quantitative estimate of drug-likeness (QED) is 0.663. The van der Waals surface area contributed by atoms with Gasteiger partial charge in [-0.3, -0.25) is 9.59 Å². The maximum absolute atomic E-state index is 13.5. The second-order valence-electron chi connectivity index (χ2n) is 6.00. The van der Waals surface area contributed by atoms with Gasteiger partial charge in [-0.25, -0.2) is 9.37 Å². The Morgan fingerprint density at radius 3 is 2.74 bits per heavy atom. The number of aryl methyl sites for hydroxylation is 2. The van der Waals surface area contributed by atoms with Gasteiger partial charge in [0.25, 0.3) is 5.91 Å². The molecule has 0 bridgehead atoms. The Morgan fingerprint density at radius 1 is 1.33 bits per heavy atom. The summed E-state index contributed by atoms with van der Waals surface area (Å²) in [7, 11) is 0. The lowest BCUT2D eigenvalue weighted by Gasteiger charge is -2.22. The molecule has 1 N–H and O–H groups in total. The Kier molecular flexibility index (Phi) is 7.87. The first kappa shape index (κ1) is 21.0. The molecule has 27 heavy (non-hydrogen) atoms. The molecular weight excluding hydrogens is 369 g/mol. The highest BCUT2D eigenvalue weighted by Gasteiger charge is 2.20. The van der Waals surface area contributed by atoms with Crippen LogP contribution in [0.4, 0.5) is 9.52 Å². The summed E-state index contributed by atoms with van der Waals surface area (Å²) in [6.45, 7) is 6.95. The van der Waals surface area contributed by atoms with Gasteiger partial charge in [-0.15, -0.1) is 11.3 Å². The molecular formula is C19H24FN3O3S. The number of thiazole rings is 1. The molecule has 0 aliphatic carbocycles. The van der Waals surface area contributed by atoms with Gasteiger partial charge in [-0.2, -0.15) is 0 Å². The lowest BCUT2D eigenvalue weighted by atomic mass is 10.2. The zero-order chi connectivity index (χ0) is 19.8.